The smallest absolute Gasteiger partial charge is 0.496 e. The van der Waals surface area contributed by atoms with Gasteiger partial charge in [-0.3, -0.25) is 4.90 Å². The molecule has 1 aliphatic rings. The first-order chi connectivity index (χ1) is 11.9. The molecule has 0 unspecified atom stereocenters. The molecule has 0 aliphatic carbocycles. The van der Waals surface area contributed by atoms with Crippen LogP contribution in [0.2, 0.25) is 0 Å². The van der Waals surface area contributed by atoms with Gasteiger partial charge in [-0.05, 0) is 12.5 Å². The molecule has 1 aliphatic heterocycles. The molecule has 0 aromatic heterocycles. The van der Waals surface area contributed by atoms with Gasteiger partial charge < -0.3 is 14.8 Å². The number of rotatable bonds is 8. The van der Waals surface area contributed by atoms with Crippen molar-refractivity contribution in [1.29, 1.82) is 0 Å². The lowest BCUT2D eigenvalue weighted by atomic mass is 9.97. The molecule has 1 aromatic carbocycles. The Balaban J connectivity index is 2.24. The summed E-state index contributed by atoms with van der Waals surface area (Å²) in [4.78, 5) is 2.38. The summed E-state index contributed by atoms with van der Waals surface area (Å²) in [6.45, 7) is 5.83. The van der Waals surface area contributed by atoms with E-state index in [1.165, 1.54) is 19.2 Å². The van der Waals surface area contributed by atoms with Gasteiger partial charge >= 0.3 is 6.36 Å². The minimum absolute atomic E-state index is 0.142. The zero-order valence-corrected chi connectivity index (χ0v) is 14.9. The molecule has 0 amide bonds. The number of benzene rings is 1. The average Bonchev–Trinajstić information content (AvgIpc) is 2.58. The third-order valence-corrected chi connectivity index (χ3v) is 4.47. The molecule has 0 spiro atoms. The van der Waals surface area contributed by atoms with E-state index in [0.717, 1.165) is 57.4 Å². The number of piperazine rings is 1. The molecule has 2 rings (SSSR count). The number of methoxy groups -OCH3 is 1. The van der Waals surface area contributed by atoms with Gasteiger partial charge in [0.15, 0.2) is 0 Å². The highest BCUT2D eigenvalue weighted by atomic mass is 19.4. The molecule has 0 bridgehead atoms. The third-order valence-electron chi connectivity index (χ3n) is 4.47. The largest absolute Gasteiger partial charge is 0.573 e. The zero-order valence-electron chi connectivity index (χ0n) is 14.9. The van der Waals surface area contributed by atoms with Crippen molar-refractivity contribution < 1.29 is 22.6 Å². The predicted octanol–water partition coefficient (Wildman–Crippen LogP) is 4.12. The minimum atomic E-state index is -4.70. The van der Waals surface area contributed by atoms with E-state index in [-0.39, 0.29) is 11.8 Å². The van der Waals surface area contributed by atoms with Crippen molar-refractivity contribution in [2.75, 3.05) is 33.3 Å². The lowest BCUT2D eigenvalue weighted by Gasteiger charge is -2.36. The standard InChI is InChI=1S/C18H27F3N2O2/c1-3-4-5-6-16(23-11-9-22-10-12-23)15-8-7-14(13-17(15)24-2)25-18(19,20)21/h7-8,13,16,22H,3-6,9-12H2,1-2H3/t16-/m1/s1. The van der Waals surface area contributed by atoms with Gasteiger partial charge in [-0.15, -0.1) is 13.2 Å². The van der Waals surface area contributed by atoms with E-state index in [0.29, 0.717) is 5.75 Å². The zero-order chi connectivity index (χ0) is 18.3. The highest BCUT2D eigenvalue weighted by Crippen LogP contribution is 2.37. The molecule has 1 fully saturated rings. The number of nitrogens with one attached hydrogen (secondary N) is 1. The Morgan fingerprint density at radius 3 is 2.52 bits per heavy atom. The number of hydrogen-bond acceptors (Lipinski definition) is 4. The van der Waals surface area contributed by atoms with Gasteiger partial charge in [-0.25, -0.2) is 0 Å². The molecule has 1 N–H and O–H groups in total. The van der Waals surface area contributed by atoms with Crippen molar-refractivity contribution in [3.63, 3.8) is 0 Å². The summed E-state index contributed by atoms with van der Waals surface area (Å²) in [7, 11) is 1.48. The molecule has 142 valence electrons. The quantitative estimate of drug-likeness (QED) is 0.707. The van der Waals surface area contributed by atoms with Crippen LogP contribution >= 0.6 is 0 Å². The number of alkyl halides is 3. The first-order valence-electron chi connectivity index (χ1n) is 8.83. The Hall–Kier alpha value is -1.47. The van der Waals surface area contributed by atoms with Crippen LogP contribution in [0.5, 0.6) is 11.5 Å². The maximum absolute atomic E-state index is 12.5. The number of ether oxygens (including phenoxy) is 2. The molecule has 4 nitrogen and oxygen atoms in total. The van der Waals surface area contributed by atoms with E-state index in [4.69, 9.17) is 4.74 Å². The molecular formula is C18H27F3N2O2. The van der Waals surface area contributed by atoms with Crippen LogP contribution in [0.25, 0.3) is 0 Å². The first-order valence-corrected chi connectivity index (χ1v) is 8.83. The van der Waals surface area contributed by atoms with Gasteiger partial charge in [0.2, 0.25) is 0 Å². The highest BCUT2D eigenvalue weighted by molar-refractivity contribution is 5.42. The van der Waals surface area contributed by atoms with Crippen molar-refractivity contribution in [3.05, 3.63) is 23.8 Å². The van der Waals surface area contributed by atoms with Crippen LogP contribution in [0, 0.1) is 0 Å². The number of hydrogen-bond donors (Lipinski definition) is 1. The Kier molecular flexibility index (Phi) is 7.38. The summed E-state index contributed by atoms with van der Waals surface area (Å²) >= 11 is 0. The molecule has 25 heavy (non-hydrogen) atoms. The Morgan fingerprint density at radius 2 is 1.92 bits per heavy atom. The summed E-state index contributed by atoms with van der Waals surface area (Å²) in [6.07, 6.45) is -0.395. The van der Waals surface area contributed by atoms with Crippen molar-refractivity contribution in [2.24, 2.45) is 0 Å². The maximum Gasteiger partial charge on any atom is 0.573 e. The van der Waals surface area contributed by atoms with Gasteiger partial charge in [0, 0.05) is 43.9 Å². The van der Waals surface area contributed by atoms with Crippen molar-refractivity contribution >= 4 is 0 Å². The van der Waals surface area contributed by atoms with Crippen molar-refractivity contribution in [3.8, 4) is 11.5 Å². The Labute approximate surface area is 147 Å². The van der Waals surface area contributed by atoms with E-state index < -0.39 is 6.36 Å². The van der Waals surface area contributed by atoms with Gasteiger partial charge in [0.05, 0.1) is 7.11 Å². The summed E-state index contributed by atoms with van der Waals surface area (Å²) in [5, 5.41) is 3.33. The molecule has 1 saturated heterocycles. The van der Waals surface area contributed by atoms with E-state index in [1.807, 2.05) is 0 Å². The van der Waals surface area contributed by atoms with Gasteiger partial charge in [-0.2, -0.15) is 0 Å². The second-order valence-electron chi connectivity index (χ2n) is 6.25. The van der Waals surface area contributed by atoms with Crippen LogP contribution in [-0.2, 0) is 0 Å². The maximum atomic E-state index is 12.5. The van der Waals surface area contributed by atoms with Gasteiger partial charge in [0.1, 0.15) is 11.5 Å². The normalized spacial score (nSPS) is 17.3. The molecule has 0 saturated carbocycles. The Bertz CT molecular complexity index is 532. The minimum Gasteiger partial charge on any atom is -0.496 e. The summed E-state index contributed by atoms with van der Waals surface area (Å²) < 4.78 is 46.8. The first kappa shape index (κ1) is 19.8. The van der Waals surface area contributed by atoms with Crippen LogP contribution in [0.4, 0.5) is 13.2 Å². The van der Waals surface area contributed by atoms with Crippen molar-refractivity contribution in [2.45, 2.75) is 45.0 Å². The van der Waals surface area contributed by atoms with E-state index in [1.54, 1.807) is 6.07 Å². The van der Waals surface area contributed by atoms with Gasteiger partial charge in [-0.1, -0.05) is 32.3 Å². The molecule has 7 heteroatoms. The summed E-state index contributed by atoms with van der Waals surface area (Å²) in [5.74, 6) is 0.197. The molecular weight excluding hydrogens is 333 g/mol. The predicted molar refractivity (Wildman–Crippen MR) is 91.0 cm³/mol. The molecule has 0 radical (unpaired) electrons. The SMILES string of the molecule is CCCCC[C@H](c1ccc(OC(F)(F)F)cc1OC)N1CCNCC1. The topological polar surface area (TPSA) is 33.7 Å². The highest BCUT2D eigenvalue weighted by Gasteiger charge is 2.32. The average molecular weight is 360 g/mol. The van der Waals surface area contributed by atoms with E-state index in [2.05, 4.69) is 21.9 Å². The molecule has 1 heterocycles. The van der Waals surface area contributed by atoms with Crippen LogP contribution in [0.15, 0.2) is 18.2 Å². The lowest BCUT2D eigenvalue weighted by Crippen LogP contribution is -2.45. The van der Waals surface area contributed by atoms with Crippen LogP contribution in [-0.4, -0.2) is 44.6 Å². The fourth-order valence-corrected chi connectivity index (χ4v) is 3.28. The van der Waals surface area contributed by atoms with Crippen LogP contribution in [0.3, 0.4) is 0 Å². The second-order valence-corrected chi connectivity index (χ2v) is 6.25. The monoisotopic (exact) mass is 360 g/mol. The number of halogens is 3. The Morgan fingerprint density at radius 1 is 1.20 bits per heavy atom. The molecule has 1 atom stereocenters. The number of nitrogens with zero attached hydrogens (tertiary/aromatic N) is 1. The van der Waals surface area contributed by atoms with Gasteiger partial charge in [0.25, 0.3) is 0 Å². The number of unbranched alkanes of at least 4 members (excludes halogenated alkanes) is 2. The fourth-order valence-electron chi connectivity index (χ4n) is 3.28. The summed E-state index contributed by atoms with van der Waals surface area (Å²) in [5.41, 5.74) is 0.926. The van der Waals surface area contributed by atoms with E-state index >= 15 is 0 Å². The van der Waals surface area contributed by atoms with Crippen LogP contribution < -0.4 is 14.8 Å². The lowest BCUT2D eigenvalue weighted by molar-refractivity contribution is -0.274. The summed E-state index contributed by atoms with van der Waals surface area (Å²) in [6, 6.07) is 4.56. The molecule has 1 aromatic rings. The van der Waals surface area contributed by atoms with Crippen molar-refractivity contribution in [1.82, 2.24) is 10.2 Å². The fraction of sp³-hybridized carbons (Fsp3) is 0.667. The second kappa shape index (κ2) is 9.29. The van der Waals surface area contributed by atoms with Crippen LogP contribution in [0.1, 0.15) is 44.2 Å². The van der Waals surface area contributed by atoms with E-state index in [9.17, 15) is 13.2 Å². The third kappa shape index (κ3) is 6.08.